The fourth-order valence-electron chi connectivity index (χ4n) is 1.87. The van der Waals surface area contributed by atoms with Crippen LogP contribution in [-0.2, 0) is 14.4 Å². The molecule has 0 saturated heterocycles. The van der Waals surface area contributed by atoms with Gasteiger partial charge in [0.2, 0.25) is 5.78 Å². The molecule has 0 N–H and O–H groups in total. The van der Waals surface area contributed by atoms with Crippen LogP contribution in [0.2, 0.25) is 0 Å². The molecule has 0 spiro atoms. The van der Waals surface area contributed by atoms with Gasteiger partial charge in [0.1, 0.15) is 0 Å². The highest BCUT2D eigenvalue weighted by molar-refractivity contribution is 6.25. The van der Waals surface area contributed by atoms with Gasteiger partial charge in [-0.1, -0.05) is 6.58 Å². The molecule has 0 fully saturated rings. The molecule has 18 heavy (non-hydrogen) atoms. The van der Waals surface area contributed by atoms with Crippen molar-refractivity contribution in [3.8, 4) is 0 Å². The molecule has 0 radical (unpaired) electrons. The normalized spacial score (nSPS) is 16.3. The number of carbonyl (C=O) groups excluding carboxylic acids is 3. The zero-order valence-electron chi connectivity index (χ0n) is 11.4. The fourth-order valence-corrected chi connectivity index (χ4v) is 1.87. The molecule has 0 aromatic heterocycles. The van der Waals surface area contributed by atoms with Gasteiger partial charge < -0.3 is 4.90 Å². The summed E-state index contributed by atoms with van der Waals surface area (Å²) in [6.45, 7) is 9.90. The molecule has 0 bridgehead atoms. The predicted molar refractivity (Wildman–Crippen MR) is 68.7 cm³/mol. The summed E-state index contributed by atoms with van der Waals surface area (Å²) in [7, 11) is 1.48. The number of hydrogen-bond acceptors (Lipinski definition) is 3. The highest BCUT2D eigenvalue weighted by atomic mass is 16.2. The van der Waals surface area contributed by atoms with E-state index in [2.05, 4.69) is 6.58 Å². The van der Waals surface area contributed by atoms with Gasteiger partial charge in [-0.05, 0) is 27.7 Å². The number of nitrogens with zero attached hydrogens (tertiary/aromatic N) is 1. The number of likely N-dealkylation sites (N-methyl/N-ethyl adjacent to an activating group) is 1. The van der Waals surface area contributed by atoms with E-state index >= 15 is 0 Å². The highest BCUT2D eigenvalue weighted by Gasteiger charge is 2.32. The molecule has 0 saturated carbocycles. The van der Waals surface area contributed by atoms with Crippen molar-refractivity contribution in [1.82, 2.24) is 4.90 Å². The van der Waals surface area contributed by atoms with Gasteiger partial charge in [-0.2, -0.15) is 0 Å². The van der Waals surface area contributed by atoms with Crippen molar-refractivity contribution in [2.24, 2.45) is 0 Å². The Hall–Kier alpha value is -1.97. The molecule has 0 heterocycles. The van der Waals surface area contributed by atoms with E-state index in [9.17, 15) is 14.4 Å². The van der Waals surface area contributed by atoms with Gasteiger partial charge in [0, 0.05) is 29.3 Å². The molecule has 1 aliphatic rings. The summed E-state index contributed by atoms with van der Waals surface area (Å²) in [5.41, 5.74) is 1.61. The Balaban J connectivity index is 3.32. The van der Waals surface area contributed by atoms with Crippen LogP contribution in [0.4, 0.5) is 0 Å². The lowest BCUT2D eigenvalue weighted by Gasteiger charge is -2.25. The second kappa shape index (κ2) is 4.72. The monoisotopic (exact) mass is 247 g/mol. The fraction of sp³-hybridized carbons (Fsp3) is 0.357. The Kier molecular flexibility index (Phi) is 3.70. The van der Waals surface area contributed by atoms with Crippen molar-refractivity contribution in [2.45, 2.75) is 27.7 Å². The molecule has 0 aromatic rings. The van der Waals surface area contributed by atoms with E-state index < -0.39 is 0 Å². The predicted octanol–water partition coefficient (Wildman–Crippen LogP) is 1.78. The van der Waals surface area contributed by atoms with Crippen LogP contribution in [-0.4, -0.2) is 29.4 Å². The first kappa shape index (κ1) is 14.1. The lowest BCUT2D eigenvalue weighted by molar-refractivity contribution is -0.127. The first-order chi connectivity index (χ1) is 8.20. The van der Waals surface area contributed by atoms with E-state index in [4.69, 9.17) is 0 Å². The molecular weight excluding hydrogens is 230 g/mol. The third-order valence-corrected chi connectivity index (χ3v) is 3.16. The summed E-state index contributed by atoms with van der Waals surface area (Å²) in [5.74, 6) is -0.831. The molecule has 96 valence electrons. The number of amides is 1. The first-order valence-electron chi connectivity index (χ1n) is 5.61. The average molecular weight is 247 g/mol. The second-order valence-electron chi connectivity index (χ2n) is 4.53. The molecule has 1 rings (SSSR count). The van der Waals surface area contributed by atoms with Crippen molar-refractivity contribution in [3.63, 3.8) is 0 Å². The number of ketones is 2. The van der Waals surface area contributed by atoms with Crippen molar-refractivity contribution < 1.29 is 14.4 Å². The minimum atomic E-state index is -0.363. The van der Waals surface area contributed by atoms with Gasteiger partial charge in [0.25, 0.3) is 5.91 Å². The minimum absolute atomic E-state index is 0.149. The van der Waals surface area contributed by atoms with E-state index in [1.54, 1.807) is 27.7 Å². The van der Waals surface area contributed by atoms with Crippen LogP contribution in [0.15, 0.2) is 34.6 Å². The van der Waals surface area contributed by atoms with E-state index in [0.717, 1.165) is 0 Å². The van der Waals surface area contributed by atoms with Gasteiger partial charge in [0.15, 0.2) is 5.78 Å². The minimum Gasteiger partial charge on any atom is -0.308 e. The molecule has 4 heteroatoms. The number of Topliss-reactive ketones (excluding diaryl/α,β-unsaturated/α-hetero) is 2. The van der Waals surface area contributed by atoms with E-state index in [-0.39, 0.29) is 23.2 Å². The quantitative estimate of drug-likeness (QED) is 0.552. The summed E-state index contributed by atoms with van der Waals surface area (Å²) < 4.78 is 0. The van der Waals surface area contributed by atoms with Crippen LogP contribution in [0.25, 0.3) is 0 Å². The summed E-state index contributed by atoms with van der Waals surface area (Å²) in [6, 6.07) is 0. The maximum Gasteiger partial charge on any atom is 0.253 e. The Morgan fingerprint density at radius 1 is 1.00 bits per heavy atom. The summed E-state index contributed by atoms with van der Waals surface area (Å²) in [5, 5.41) is 0. The molecule has 0 unspecified atom stereocenters. The first-order valence-corrected chi connectivity index (χ1v) is 5.61. The van der Waals surface area contributed by atoms with Crippen LogP contribution < -0.4 is 0 Å². The van der Waals surface area contributed by atoms with Crippen LogP contribution in [0, 0.1) is 0 Å². The second-order valence-corrected chi connectivity index (χ2v) is 4.53. The summed E-state index contributed by atoms with van der Waals surface area (Å²) in [4.78, 5) is 37.2. The average Bonchev–Trinajstić information content (AvgIpc) is 2.32. The molecule has 4 nitrogen and oxygen atoms in total. The SMILES string of the molecule is C=C(C)C(=O)N(C)C1=C(C)C(=O)C(C)=C(C)C1=O. The molecule has 1 amide bonds. The smallest absolute Gasteiger partial charge is 0.253 e. The largest absolute Gasteiger partial charge is 0.308 e. The lowest BCUT2D eigenvalue weighted by Crippen LogP contribution is -2.35. The van der Waals surface area contributed by atoms with Crippen LogP contribution in [0.3, 0.4) is 0 Å². The Morgan fingerprint density at radius 2 is 1.44 bits per heavy atom. The standard InChI is InChI=1S/C14H17NO3/c1-7(2)14(18)15(6)11-10(5)12(16)8(3)9(4)13(11)17/h1H2,2-6H3. The number of allylic oxidation sites excluding steroid dienone is 3. The summed E-state index contributed by atoms with van der Waals surface area (Å²) >= 11 is 0. The number of carbonyl (C=O) groups is 3. The van der Waals surface area contributed by atoms with Crippen molar-refractivity contribution in [1.29, 1.82) is 0 Å². The maximum absolute atomic E-state index is 12.2. The molecule has 0 atom stereocenters. The zero-order chi connectivity index (χ0) is 14.2. The molecular formula is C14H17NO3. The number of hydrogen-bond donors (Lipinski definition) is 0. The highest BCUT2D eigenvalue weighted by Crippen LogP contribution is 2.26. The van der Waals surface area contributed by atoms with E-state index in [1.165, 1.54) is 11.9 Å². The van der Waals surface area contributed by atoms with E-state index in [1.807, 2.05) is 0 Å². The van der Waals surface area contributed by atoms with Gasteiger partial charge >= 0.3 is 0 Å². The molecule has 0 aliphatic heterocycles. The van der Waals surface area contributed by atoms with Crippen LogP contribution in [0.5, 0.6) is 0 Å². The third-order valence-electron chi connectivity index (χ3n) is 3.16. The lowest BCUT2D eigenvalue weighted by atomic mass is 9.89. The van der Waals surface area contributed by atoms with Crippen molar-refractivity contribution in [3.05, 3.63) is 34.6 Å². The summed E-state index contributed by atoms with van der Waals surface area (Å²) in [6.07, 6.45) is 0. The van der Waals surface area contributed by atoms with Crippen molar-refractivity contribution in [2.75, 3.05) is 7.05 Å². The van der Waals surface area contributed by atoms with Gasteiger partial charge in [-0.25, -0.2) is 0 Å². The van der Waals surface area contributed by atoms with Gasteiger partial charge in [-0.3, -0.25) is 14.4 Å². The van der Waals surface area contributed by atoms with E-state index in [0.29, 0.717) is 22.3 Å². The van der Waals surface area contributed by atoms with Crippen molar-refractivity contribution >= 4 is 17.5 Å². The topological polar surface area (TPSA) is 54.5 Å². The third kappa shape index (κ3) is 2.06. The Bertz CT molecular complexity index is 535. The zero-order valence-corrected chi connectivity index (χ0v) is 11.4. The maximum atomic E-state index is 12.2. The Labute approximate surface area is 107 Å². The van der Waals surface area contributed by atoms with Gasteiger partial charge in [-0.15, -0.1) is 0 Å². The van der Waals surface area contributed by atoms with Gasteiger partial charge in [0.05, 0.1) is 5.70 Å². The Morgan fingerprint density at radius 3 is 1.89 bits per heavy atom. The molecule has 1 aliphatic carbocycles. The number of rotatable bonds is 2. The van der Waals surface area contributed by atoms with Crippen LogP contribution >= 0.6 is 0 Å². The molecule has 0 aromatic carbocycles. The van der Waals surface area contributed by atoms with Crippen LogP contribution in [0.1, 0.15) is 27.7 Å².